The first-order valence-corrected chi connectivity index (χ1v) is 2.62. The number of hydrogen-bond acceptors (Lipinski definition) is 1. The summed E-state index contributed by atoms with van der Waals surface area (Å²) < 4.78 is 0. The number of quaternary nitrogens is 1. The molecule has 42 valence electrons. The van der Waals surface area contributed by atoms with Crippen molar-refractivity contribution in [1.82, 2.24) is 0 Å². The van der Waals surface area contributed by atoms with Gasteiger partial charge in [-0.3, -0.25) is 4.79 Å². The Bertz CT molecular complexity index is 61.1. The van der Waals surface area contributed by atoms with Crippen LogP contribution < -0.4 is 5.73 Å². The Hall–Kier alpha value is -0.370. The number of carbonyl (C=O) groups is 1. The van der Waals surface area contributed by atoms with E-state index in [1.807, 2.05) is 6.92 Å². The van der Waals surface area contributed by atoms with Crippen LogP contribution in [0.2, 0.25) is 0 Å². The normalized spacial score (nSPS) is 8.86. The number of rotatable bonds is 3. The Morgan fingerprint density at radius 1 is 1.71 bits per heavy atom. The summed E-state index contributed by atoms with van der Waals surface area (Å²) in [7, 11) is 0. The third kappa shape index (κ3) is 3.46. The molecule has 2 heteroatoms. The van der Waals surface area contributed by atoms with Crippen molar-refractivity contribution in [3.05, 3.63) is 0 Å². The minimum atomic E-state index is 0.315. The van der Waals surface area contributed by atoms with Gasteiger partial charge >= 0.3 is 0 Å². The summed E-state index contributed by atoms with van der Waals surface area (Å²) in [6.07, 6.45) is 1.31. The molecule has 0 spiro atoms. The van der Waals surface area contributed by atoms with Crippen molar-refractivity contribution in [2.45, 2.75) is 19.8 Å². The van der Waals surface area contributed by atoms with Gasteiger partial charge in [0, 0.05) is 6.42 Å². The summed E-state index contributed by atoms with van der Waals surface area (Å²) in [4.78, 5) is 10.4. The van der Waals surface area contributed by atoms with Gasteiger partial charge in [0.15, 0.2) is 0 Å². The first kappa shape index (κ1) is 6.63. The monoisotopic (exact) mass is 102 g/mol. The summed E-state index contributed by atoms with van der Waals surface area (Å²) in [6.45, 7) is 2.62. The Balaban J connectivity index is 3.00. The Labute approximate surface area is 43.7 Å². The summed E-state index contributed by atoms with van der Waals surface area (Å²) >= 11 is 0. The Morgan fingerprint density at radius 3 is 2.43 bits per heavy atom. The van der Waals surface area contributed by atoms with Crippen molar-refractivity contribution in [2.75, 3.05) is 6.54 Å². The van der Waals surface area contributed by atoms with Gasteiger partial charge in [-0.2, -0.15) is 0 Å². The largest absolute Gasteiger partial charge is 0.357 e. The van der Waals surface area contributed by atoms with Crippen LogP contribution in [0.25, 0.3) is 0 Å². The minimum Gasteiger partial charge on any atom is -0.357 e. The van der Waals surface area contributed by atoms with Gasteiger partial charge in [-0.25, -0.2) is 0 Å². The number of hydrogen-bond donors (Lipinski definition) is 1. The average Bonchev–Trinajstić information content (AvgIpc) is 1.68. The van der Waals surface area contributed by atoms with Crippen molar-refractivity contribution in [2.24, 2.45) is 0 Å². The van der Waals surface area contributed by atoms with Crippen LogP contribution in [0.15, 0.2) is 0 Å². The molecule has 0 saturated heterocycles. The van der Waals surface area contributed by atoms with E-state index in [9.17, 15) is 4.79 Å². The summed E-state index contributed by atoms with van der Waals surface area (Å²) in [6, 6.07) is 0. The molecule has 3 N–H and O–H groups in total. The molecule has 0 aliphatic heterocycles. The van der Waals surface area contributed by atoms with Crippen LogP contribution in [0.5, 0.6) is 0 Å². The maximum absolute atomic E-state index is 10.4. The van der Waals surface area contributed by atoms with Gasteiger partial charge in [-0.05, 0) is 0 Å². The van der Waals surface area contributed by atoms with Crippen LogP contribution in [0, 0.1) is 0 Å². The summed E-state index contributed by atoms with van der Waals surface area (Å²) in [5.41, 5.74) is 3.55. The lowest BCUT2D eigenvalue weighted by molar-refractivity contribution is -0.366. The van der Waals surface area contributed by atoms with Crippen LogP contribution in [0.3, 0.4) is 0 Å². The van der Waals surface area contributed by atoms with E-state index in [0.717, 1.165) is 6.54 Å². The van der Waals surface area contributed by atoms with E-state index in [0.29, 0.717) is 18.6 Å². The average molecular weight is 102 g/mol. The van der Waals surface area contributed by atoms with E-state index < -0.39 is 0 Å². The molecule has 0 radical (unpaired) electrons. The zero-order valence-corrected chi connectivity index (χ0v) is 4.74. The fraction of sp³-hybridized carbons (Fsp3) is 0.800. The lowest BCUT2D eigenvalue weighted by Gasteiger charge is -1.85. The third-order valence-corrected chi connectivity index (χ3v) is 0.850. The fourth-order valence-corrected chi connectivity index (χ4v) is 0.374. The minimum absolute atomic E-state index is 0.315. The molecule has 0 aromatic carbocycles. The molecular weight excluding hydrogens is 90.1 g/mol. The Morgan fingerprint density at radius 2 is 2.29 bits per heavy atom. The lowest BCUT2D eigenvalue weighted by atomic mass is 10.2. The van der Waals surface area contributed by atoms with Gasteiger partial charge in [0.1, 0.15) is 5.78 Å². The summed E-state index contributed by atoms with van der Waals surface area (Å²) in [5, 5.41) is 0. The molecule has 0 fully saturated rings. The topological polar surface area (TPSA) is 44.7 Å². The van der Waals surface area contributed by atoms with Crippen LogP contribution in [-0.4, -0.2) is 12.3 Å². The molecule has 0 aliphatic carbocycles. The van der Waals surface area contributed by atoms with Crippen molar-refractivity contribution >= 4 is 5.78 Å². The van der Waals surface area contributed by atoms with Gasteiger partial charge in [-0.1, -0.05) is 6.92 Å². The predicted molar refractivity (Wildman–Crippen MR) is 27.7 cm³/mol. The van der Waals surface area contributed by atoms with E-state index in [4.69, 9.17) is 0 Å². The number of Topliss-reactive ketones (excluding diaryl/α,β-unsaturated/α-hetero) is 1. The van der Waals surface area contributed by atoms with Crippen LogP contribution >= 0.6 is 0 Å². The Kier molecular flexibility index (Phi) is 3.61. The number of carbonyl (C=O) groups excluding carboxylic acids is 1. The molecule has 0 unspecified atom stereocenters. The van der Waals surface area contributed by atoms with Gasteiger partial charge in [0.05, 0.1) is 13.0 Å². The highest BCUT2D eigenvalue weighted by molar-refractivity contribution is 5.77. The lowest BCUT2D eigenvalue weighted by Crippen LogP contribution is -2.50. The van der Waals surface area contributed by atoms with Crippen LogP contribution in [-0.2, 0) is 4.79 Å². The van der Waals surface area contributed by atoms with Gasteiger partial charge in [-0.15, -0.1) is 0 Å². The van der Waals surface area contributed by atoms with Crippen molar-refractivity contribution < 1.29 is 10.5 Å². The van der Waals surface area contributed by atoms with Gasteiger partial charge < -0.3 is 5.73 Å². The second kappa shape index (κ2) is 3.81. The van der Waals surface area contributed by atoms with E-state index in [-0.39, 0.29) is 0 Å². The predicted octanol–water partition coefficient (Wildman–Crippen LogP) is -0.402. The van der Waals surface area contributed by atoms with E-state index in [1.54, 1.807) is 0 Å². The molecule has 0 aliphatic rings. The van der Waals surface area contributed by atoms with E-state index in [2.05, 4.69) is 5.73 Å². The molecule has 0 aromatic heterocycles. The van der Waals surface area contributed by atoms with Gasteiger partial charge in [0.25, 0.3) is 0 Å². The highest BCUT2D eigenvalue weighted by Crippen LogP contribution is 1.82. The van der Waals surface area contributed by atoms with Crippen molar-refractivity contribution in [3.63, 3.8) is 0 Å². The van der Waals surface area contributed by atoms with E-state index in [1.165, 1.54) is 0 Å². The molecule has 0 saturated carbocycles. The maximum atomic E-state index is 10.4. The zero-order chi connectivity index (χ0) is 5.70. The highest BCUT2D eigenvalue weighted by Gasteiger charge is 1.93. The van der Waals surface area contributed by atoms with Crippen molar-refractivity contribution in [3.8, 4) is 0 Å². The first-order chi connectivity index (χ1) is 3.31. The van der Waals surface area contributed by atoms with E-state index >= 15 is 0 Å². The standard InChI is InChI=1S/C5H11NO/c1-2-5(7)3-4-6/h2-4,6H2,1H3/p+1. The third-order valence-electron chi connectivity index (χ3n) is 0.850. The molecule has 0 bridgehead atoms. The highest BCUT2D eigenvalue weighted by atomic mass is 16.1. The SMILES string of the molecule is CCC(=O)CC[NH3+]. The summed E-state index contributed by atoms with van der Waals surface area (Å²) in [5.74, 6) is 0.315. The first-order valence-electron chi connectivity index (χ1n) is 2.62. The molecule has 0 aromatic rings. The van der Waals surface area contributed by atoms with Crippen molar-refractivity contribution in [1.29, 1.82) is 0 Å². The van der Waals surface area contributed by atoms with Crippen LogP contribution in [0.4, 0.5) is 0 Å². The molecule has 0 heterocycles. The second-order valence-corrected chi connectivity index (χ2v) is 1.50. The quantitative estimate of drug-likeness (QED) is 0.517. The maximum Gasteiger partial charge on any atom is 0.138 e. The molecule has 0 rings (SSSR count). The number of ketones is 1. The molecule has 7 heavy (non-hydrogen) atoms. The molecule has 0 atom stereocenters. The second-order valence-electron chi connectivity index (χ2n) is 1.50. The fourth-order valence-electron chi connectivity index (χ4n) is 0.374. The smallest absolute Gasteiger partial charge is 0.138 e. The van der Waals surface area contributed by atoms with Crippen LogP contribution in [0.1, 0.15) is 19.8 Å². The molecular formula is C5H12NO+. The molecule has 2 nitrogen and oxygen atoms in total. The molecule has 0 amide bonds. The van der Waals surface area contributed by atoms with Gasteiger partial charge in [0.2, 0.25) is 0 Å². The zero-order valence-electron chi connectivity index (χ0n) is 4.74.